The molecule has 92 valence electrons. The summed E-state index contributed by atoms with van der Waals surface area (Å²) in [5.74, 6) is 0.770. The van der Waals surface area contributed by atoms with E-state index in [1.807, 2.05) is 29.6 Å². The summed E-state index contributed by atoms with van der Waals surface area (Å²) in [7, 11) is 0.482. The van der Waals surface area contributed by atoms with Crippen molar-refractivity contribution in [2.24, 2.45) is 0 Å². The number of hydrogen-bond acceptors (Lipinski definition) is 4. The quantitative estimate of drug-likeness (QED) is 0.866. The van der Waals surface area contributed by atoms with Gasteiger partial charge in [0.15, 0.2) is 0 Å². The lowest BCUT2D eigenvalue weighted by molar-refractivity contribution is 0.415. The van der Waals surface area contributed by atoms with Crippen molar-refractivity contribution in [3.63, 3.8) is 0 Å². The minimum Gasteiger partial charge on any atom is -0.497 e. The molecular weight excluding hydrogens is 266 g/mol. The van der Waals surface area contributed by atoms with Crippen molar-refractivity contribution in [3.05, 3.63) is 35.2 Å². The van der Waals surface area contributed by atoms with Crippen molar-refractivity contribution in [1.29, 1.82) is 5.26 Å². The molecule has 0 spiro atoms. The molecular formula is C13H11NO2S2. The maximum atomic E-state index is 11.5. The molecule has 5 heteroatoms. The van der Waals surface area contributed by atoms with Gasteiger partial charge in [0.1, 0.15) is 16.0 Å². The van der Waals surface area contributed by atoms with Crippen LogP contribution in [0.4, 0.5) is 0 Å². The van der Waals surface area contributed by atoms with Gasteiger partial charge < -0.3 is 4.74 Å². The fourth-order valence-electron chi connectivity index (χ4n) is 1.64. The van der Waals surface area contributed by atoms with E-state index in [0.717, 1.165) is 16.9 Å². The van der Waals surface area contributed by atoms with Crippen molar-refractivity contribution < 1.29 is 8.95 Å². The van der Waals surface area contributed by atoms with Gasteiger partial charge in [-0.15, -0.1) is 11.3 Å². The maximum Gasteiger partial charge on any atom is 0.118 e. The van der Waals surface area contributed by atoms with Crippen LogP contribution in [0.15, 0.2) is 33.9 Å². The molecule has 0 aliphatic heterocycles. The first kappa shape index (κ1) is 12.8. The van der Waals surface area contributed by atoms with E-state index in [1.54, 1.807) is 13.4 Å². The second-order valence-corrected chi connectivity index (χ2v) is 6.06. The number of benzene rings is 1. The number of hydrogen-bond donors (Lipinski definition) is 0. The van der Waals surface area contributed by atoms with Crippen molar-refractivity contribution in [3.8, 4) is 22.9 Å². The van der Waals surface area contributed by atoms with E-state index in [1.165, 1.54) is 11.3 Å². The number of rotatable bonds is 3. The molecule has 2 rings (SSSR count). The Kier molecular flexibility index (Phi) is 3.80. The lowest BCUT2D eigenvalue weighted by Crippen LogP contribution is -1.88. The van der Waals surface area contributed by atoms with Crippen LogP contribution in [-0.2, 0) is 10.8 Å². The zero-order valence-corrected chi connectivity index (χ0v) is 11.6. The highest BCUT2D eigenvalue weighted by molar-refractivity contribution is 7.86. The van der Waals surface area contributed by atoms with E-state index in [9.17, 15) is 9.47 Å². The highest BCUT2D eigenvalue weighted by Gasteiger charge is 2.15. The Bertz CT molecular complexity index is 623. The Balaban J connectivity index is 2.51. The average molecular weight is 277 g/mol. The molecule has 1 aromatic carbocycles. The summed E-state index contributed by atoms with van der Waals surface area (Å²) in [5, 5.41) is 11.1. The Labute approximate surface area is 112 Å². The van der Waals surface area contributed by atoms with Gasteiger partial charge in [-0.25, -0.2) is 0 Å². The van der Waals surface area contributed by atoms with Crippen LogP contribution in [0.5, 0.6) is 5.75 Å². The highest BCUT2D eigenvalue weighted by atomic mass is 32.2. The van der Waals surface area contributed by atoms with Crippen LogP contribution in [0.1, 0.15) is 5.56 Å². The third kappa shape index (κ3) is 2.30. The van der Waals surface area contributed by atoms with E-state index in [0.29, 0.717) is 9.77 Å². The lowest BCUT2D eigenvalue weighted by atomic mass is 10.1. The summed E-state index contributed by atoms with van der Waals surface area (Å²) in [6.07, 6.45) is 1.59. The smallest absolute Gasteiger partial charge is 0.118 e. The Morgan fingerprint density at radius 3 is 2.50 bits per heavy atom. The molecule has 0 unspecified atom stereocenters. The van der Waals surface area contributed by atoms with E-state index in [4.69, 9.17) is 4.74 Å². The molecule has 1 heterocycles. The molecule has 0 fully saturated rings. The van der Waals surface area contributed by atoms with Gasteiger partial charge in [-0.2, -0.15) is 5.26 Å². The van der Waals surface area contributed by atoms with Gasteiger partial charge >= 0.3 is 0 Å². The van der Waals surface area contributed by atoms with Crippen LogP contribution in [0.3, 0.4) is 0 Å². The van der Waals surface area contributed by atoms with E-state index < -0.39 is 10.8 Å². The minimum atomic E-state index is -1.13. The summed E-state index contributed by atoms with van der Waals surface area (Å²) in [6.45, 7) is 0. The molecule has 1 atom stereocenters. The standard InChI is InChI=1S/C13H11NO2S2/c1-16-10-5-3-9(4-6-10)12-8-17-13(18(2)15)11(12)7-14/h3-6,8H,1-2H3/t18-/m0/s1. The third-order valence-corrected chi connectivity index (χ3v) is 5.02. The zero-order chi connectivity index (χ0) is 13.1. The third-order valence-electron chi connectivity index (χ3n) is 2.53. The molecule has 0 saturated heterocycles. The predicted octanol–water partition coefficient (Wildman–Crippen LogP) is 3.03. The first-order valence-electron chi connectivity index (χ1n) is 5.16. The summed E-state index contributed by atoms with van der Waals surface area (Å²) in [5.41, 5.74) is 2.27. The fraction of sp³-hybridized carbons (Fsp3) is 0.154. The number of nitriles is 1. The first-order valence-corrected chi connectivity index (χ1v) is 7.60. The number of ether oxygens (including phenoxy) is 1. The largest absolute Gasteiger partial charge is 0.497 e. The highest BCUT2D eigenvalue weighted by Crippen LogP contribution is 2.33. The molecule has 18 heavy (non-hydrogen) atoms. The van der Waals surface area contributed by atoms with Gasteiger partial charge in [0, 0.05) is 17.2 Å². The molecule has 0 aliphatic carbocycles. The SMILES string of the molecule is COc1ccc(-c2csc([S@](C)=O)c2C#N)cc1. The van der Waals surface area contributed by atoms with E-state index in [-0.39, 0.29) is 0 Å². The average Bonchev–Trinajstić information content (AvgIpc) is 2.82. The molecule has 1 aromatic heterocycles. The molecule has 3 nitrogen and oxygen atoms in total. The molecule has 0 bridgehead atoms. The monoisotopic (exact) mass is 277 g/mol. The molecule has 2 aromatic rings. The number of thiophene rings is 1. The normalized spacial score (nSPS) is 11.8. The molecule has 0 saturated carbocycles. The number of methoxy groups -OCH3 is 1. The first-order chi connectivity index (χ1) is 8.67. The Morgan fingerprint density at radius 2 is 2.00 bits per heavy atom. The van der Waals surface area contributed by atoms with Gasteiger partial charge in [0.05, 0.1) is 23.5 Å². The van der Waals surface area contributed by atoms with Gasteiger partial charge in [-0.1, -0.05) is 12.1 Å². The maximum absolute atomic E-state index is 11.5. The van der Waals surface area contributed by atoms with Crippen LogP contribution in [-0.4, -0.2) is 17.6 Å². The molecule has 0 aliphatic rings. The Morgan fingerprint density at radius 1 is 1.33 bits per heavy atom. The van der Waals surface area contributed by atoms with Crippen molar-refractivity contribution in [2.45, 2.75) is 4.21 Å². The lowest BCUT2D eigenvalue weighted by Gasteiger charge is -2.02. The fourth-order valence-corrected chi connectivity index (χ4v) is 3.52. The summed E-state index contributed by atoms with van der Waals surface area (Å²) in [6, 6.07) is 9.61. The molecule has 0 amide bonds. The van der Waals surface area contributed by atoms with E-state index in [2.05, 4.69) is 6.07 Å². The summed E-state index contributed by atoms with van der Waals surface area (Å²) in [4.78, 5) is 0. The van der Waals surface area contributed by atoms with Gasteiger partial charge in [-0.05, 0) is 17.7 Å². The minimum absolute atomic E-state index is 0.506. The molecule has 0 N–H and O–H groups in total. The summed E-state index contributed by atoms with van der Waals surface area (Å²) < 4.78 is 17.2. The topological polar surface area (TPSA) is 50.1 Å². The van der Waals surface area contributed by atoms with Crippen LogP contribution in [0.2, 0.25) is 0 Å². The van der Waals surface area contributed by atoms with Crippen molar-refractivity contribution in [2.75, 3.05) is 13.4 Å². The zero-order valence-electron chi connectivity index (χ0n) is 9.97. The van der Waals surface area contributed by atoms with Gasteiger partial charge in [-0.3, -0.25) is 4.21 Å². The van der Waals surface area contributed by atoms with Crippen molar-refractivity contribution >= 4 is 22.1 Å². The number of nitrogens with zero attached hydrogens (tertiary/aromatic N) is 1. The Hall–Kier alpha value is -1.64. The van der Waals surface area contributed by atoms with Gasteiger partial charge in [0.2, 0.25) is 0 Å². The van der Waals surface area contributed by atoms with Crippen LogP contribution in [0.25, 0.3) is 11.1 Å². The summed E-state index contributed by atoms with van der Waals surface area (Å²) >= 11 is 1.36. The predicted molar refractivity (Wildman–Crippen MR) is 73.4 cm³/mol. The second kappa shape index (κ2) is 5.34. The van der Waals surface area contributed by atoms with E-state index >= 15 is 0 Å². The van der Waals surface area contributed by atoms with Gasteiger partial charge in [0.25, 0.3) is 0 Å². The van der Waals surface area contributed by atoms with Crippen LogP contribution >= 0.6 is 11.3 Å². The molecule has 0 radical (unpaired) electrons. The van der Waals surface area contributed by atoms with Crippen molar-refractivity contribution in [1.82, 2.24) is 0 Å². The van der Waals surface area contributed by atoms with Crippen LogP contribution < -0.4 is 4.74 Å². The second-order valence-electron chi connectivity index (χ2n) is 3.61. The van der Waals surface area contributed by atoms with Crippen LogP contribution in [0, 0.1) is 11.3 Å².